The summed E-state index contributed by atoms with van der Waals surface area (Å²) in [5.41, 5.74) is 29.0. The van der Waals surface area contributed by atoms with Gasteiger partial charge < -0.3 is 9.31 Å². The molecule has 10 aromatic rings. The van der Waals surface area contributed by atoms with Crippen molar-refractivity contribution in [2.24, 2.45) is 0 Å². The summed E-state index contributed by atoms with van der Waals surface area (Å²) in [6.45, 7) is 63.8. The van der Waals surface area contributed by atoms with Crippen LogP contribution in [0.1, 0.15) is 275 Å². The molecule has 3 nitrogen and oxygen atoms in total. The average Bonchev–Trinajstić information content (AvgIpc) is 1.56. The van der Waals surface area contributed by atoms with Crippen LogP contribution in [0.2, 0.25) is 0 Å². The molecule has 1 heterocycles. The summed E-state index contributed by atoms with van der Waals surface area (Å²) >= 11 is 0. The van der Waals surface area contributed by atoms with Crippen LogP contribution in [0.15, 0.2) is 164 Å². The molecule has 0 N–H and O–H groups in total. The number of allylic oxidation sites excluding steroid dienone is 4. The Kier molecular flexibility index (Phi) is 18.6. The molecule has 0 unspecified atom stereocenters. The number of carbonyl (C=O) groups excluding carboxylic acids is 1. The molecular formula is C99H119BO3. The molecule has 4 aliphatic rings. The molecule has 0 atom stereocenters. The van der Waals surface area contributed by atoms with Crippen molar-refractivity contribution in [3.05, 3.63) is 231 Å². The molecule has 0 saturated carbocycles. The highest BCUT2D eigenvalue weighted by Gasteiger charge is 2.53. The van der Waals surface area contributed by atoms with Crippen molar-refractivity contribution in [2.45, 2.75) is 263 Å². The third-order valence-electron chi connectivity index (χ3n) is 22.8. The Hall–Kier alpha value is -7.89. The van der Waals surface area contributed by atoms with Crippen molar-refractivity contribution < 1.29 is 14.1 Å². The Labute approximate surface area is 621 Å². The van der Waals surface area contributed by atoms with Gasteiger partial charge in [-0.1, -0.05) is 345 Å². The smallest absolute Gasteiger partial charge is 0.399 e. The summed E-state index contributed by atoms with van der Waals surface area (Å²) in [7, 11) is -0.461. The SMILES string of the molecule is C.C.CC(C)(C)c1cc(-c2c3c(c(-c4cc(C(C)(C)C)cc(C(C)(C)C)c4)c4ccccc24)-c2ccc(B4OC(C)(C)C(C)(C)O4)c4cccc-3c24)cc(C(C)(C)C)c1.CC(C)(C)c1cc(C2=C3C(=C(c4cc(C(C)(C)C)cc(C(C)(C)C)c4)C2=O)c2cccc4cccc3c24)cc(C(C)(C)C)c1. The molecule has 10 aromatic carbocycles. The van der Waals surface area contributed by atoms with Crippen LogP contribution in [-0.4, -0.2) is 24.1 Å². The van der Waals surface area contributed by atoms with Gasteiger partial charge in [-0.2, -0.15) is 0 Å². The van der Waals surface area contributed by atoms with Gasteiger partial charge >= 0.3 is 7.12 Å². The first-order valence-corrected chi connectivity index (χ1v) is 37.3. The number of ketones is 1. The minimum atomic E-state index is -0.461. The molecule has 1 fully saturated rings. The summed E-state index contributed by atoms with van der Waals surface area (Å²) in [5, 5.41) is 7.52. The van der Waals surface area contributed by atoms with E-state index in [2.05, 4.69) is 358 Å². The largest absolute Gasteiger partial charge is 0.495 e. The zero-order valence-electron chi connectivity index (χ0n) is 66.4. The standard InChI is InChI=1S/C54H63BO2.C43H48O.2CH4/c1-49(2,3)34-26-32(27-35(30-34)50(4,5)6)44-38-20-17-18-21-39(38)45(33-28-36(51(7,8)9)31-37(29-33)52(10,11)12)48-42-24-25-43(55-56-53(13,14)54(15,16)57-55)40-22-19-23-41(46(40)42)47(44)48;1-40(2,3)28-19-26(20-29(23-28)41(4,5)6)35-37-32-17-13-15-25-16-14-18-33(34(25)32)38(37)36(39(35)44)27-21-30(42(7,8)9)24-31(22-27)43(10,11)12;;/h17-31H,1-16H3;13-24H,1-12H3;2*1H4. The second-order valence-corrected chi connectivity index (χ2v) is 39.3. The topological polar surface area (TPSA) is 35.5 Å². The Morgan fingerprint density at radius 2 is 0.563 bits per heavy atom. The molecule has 536 valence electrons. The van der Waals surface area contributed by atoms with Crippen LogP contribution >= 0.6 is 0 Å². The van der Waals surface area contributed by atoms with Gasteiger partial charge in [-0.15, -0.1) is 0 Å². The third kappa shape index (κ3) is 13.3. The highest BCUT2D eigenvalue weighted by Crippen LogP contribution is 2.61. The molecule has 103 heavy (non-hydrogen) atoms. The van der Waals surface area contributed by atoms with Crippen molar-refractivity contribution in [2.75, 3.05) is 0 Å². The van der Waals surface area contributed by atoms with E-state index in [9.17, 15) is 0 Å². The first-order chi connectivity index (χ1) is 46.5. The number of Topliss-reactive ketones (excluding diaryl/α,β-unsaturated/α-hetero) is 1. The van der Waals surface area contributed by atoms with Crippen molar-refractivity contribution in [3.8, 4) is 44.5 Å². The van der Waals surface area contributed by atoms with Crippen LogP contribution in [0.5, 0.6) is 0 Å². The fourth-order valence-corrected chi connectivity index (χ4v) is 15.6. The van der Waals surface area contributed by atoms with E-state index in [-0.39, 0.29) is 64.0 Å². The van der Waals surface area contributed by atoms with Crippen LogP contribution in [0.25, 0.3) is 99.1 Å². The van der Waals surface area contributed by atoms with E-state index in [1.54, 1.807) is 0 Å². The lowest BCUT2D eigenvalue weighted by atomic mass is 9.75. The van der Waals surface area contributed by atoms with E-state index >= 15 is 4.79 Å². The maximum absolute atomic E-state index is 15.2. The second kappa shape index (κ2) is 25.2. The minimum Gasteiger partial charge on any atom is -0.399 e. The van der Waals surface area contributed by atoms with Gasteiger partial charge in [-0.3, -0.25) is 4.79 Å². The van der Waals surface area contributed by atoms with Gasteiger partial charge in [0.1, 0.15) is 0 Å². The van der Waals surface area contributed by atoms with Crippen molar-refractivity contribution in [3.63, 3.8) is 0 Å². The average molecular weight is 1370 g/mol. The van der Waals surface area contributed by atoms with Crippen LogP contribution in [-0.2, 0) is 57.4 Å². The van der Waals surface area contributed by atoms with Crippen LogP contribution in [0.3, 0.4) is 0 Å². The van der Waals surface area contributed by atoms with Crippen molar-refractivity contribution in [1.29, 1.82) is 0 Å². The maximum atomic E-state index is 15.2. The number of carbonyl (C=O) groups is 1. The predicted octanol–water partition coefficient (Wildman–Crippen LogP) is 27.2. The molecule has 0 bridgehead atoms. The highest BCUT2D eigenvalue weighted by atomic mass is 16.7. The van der Waals surface area contributed by atoms with E-state index in [1.807, 2.05) is 0 Å². The molecule has 14 rings (SSSR count). The van der Waals surface area contributed by atoms with E-state index in [0.717, 1.165) is 38.9 Å². The van der Waals surface area contributed by atoms with Gasteiger partial charge in [0, 0.05) is 22.3 Å². The van der Waals surface area contributed by atoms with Crippen molar-refractivity contribution >= 4 is 73.0 Å². The molecule has 0 spiro atoms. The quantitative estimate of drug-likeness (QED) is 0.161. The van der Waals surface area contributed by atoms with Gasteiger partial charge in [0.25, 0.3) is 0 Å². The van der Waals surface area contributed by atoms with E-state index in [4.69, 9.17) is 9.31 Å². The van der Waals surface area contributed by atoms with Gasteiger partial charge in [-0.05, 0) is 220 Å². The molecule has 0 aromatic heterocycles. The second-order valence-electron chi connectivity index (χ2n) is 39.3. The Morgan fingerprint density at radius 1 is 0.282 bits per heavy atom. The highest BCUT2D eigenvalue weighted by molar-refractivity contribution is 6.65. The summed E-state index contributed by atoms with van der Waals surface area (Å²) < 4.78 is 13.5. The zero-order chi connectivity index (χ0) is 73.6. The fraction of sp³-hybridized carbons (Fsp3) is 0.404. The summed E-state index contributed by atoms with van der Waals surface area (Å²) in [6.07, 6.45) is 0. The lowest BCUT2D eigenvalue weighted by Crippen LogP contribution is -2.41. The maximum Gasteiger partial charge on any atom is 0.495 e. The molecule has 3 aliphatic carbocycles. The summed E-state index contributed by atoms with van der Waals surface area (Å²) in [6, 6.07) is 62.5. The Bertz CT molecular complexity index is 4770. The van der Waals surface area contributed by atoms with Crippen LogP contribution in [0, 0.1) is 0 Å². The van der Waals surface area contributed by atoms with Gasteiger partial charge in [-0.25, -0.2) is 0 Å². The number of hydrogen-bond acceptors (Lipinski definition) is 3. The number of rotatable bonds is 5. The van der Waals surface area contributed by atoms with Crippen LogP contribution in [0.4, 0.5) is 0 Å². The van der Waals surface area contributed by atoms with Gasteiger partial charge in [0.15, 0.2) is 5.78 Å². The molecule has 1 aliphatic heterocycles. The van der Waals surface area contributed by atoms with Crippen molar-refractivity contribution in [1.82, 2.24) is 0 Å². The number of fused-ring (bicyclic) bond motifs is 7. The number of hydrogen-bond donors (Lipinski definition) is 0. The van der Waals surface area contributed by atoms with E-state index in [1.165, 1.54) is 132 Å². The van der Waals surface area contributed by atoms with E-state index < -0.39 is 18.3 Å². The Balaban J connectivity index is 0.000000209. The normalized spacial score (nSPS) is 15.8. The fourth-order valence-electron chi connectivity index (χ4n) is 15.6. The molecule has 1 saturated heterocycles. The summed E-state index contributed by atoms with van der Waals surface area (Å²) in [4.78, 5) is 15.2. The van der Waals surface area contributed by atoms with Crippen LogP contribution < -0.4 is 5.46 Å². The molecular weight excluding hydrogens is 1250 g/mol. The first kappa shape index (κ1) is 76.2. The summed E-state index contributed by atoms with van der Waals surface area (Å²) in [5.74, 6) is 0.137. The molecule has 0 radical (unpaired) electrons. The van der Waals surface area contributed by atoms with Gasteiger partial charge in [0.2, 0.25) is 0 Å². The van der Waals surface area contributed by atoms with E-state index in [0.29, 0.717) is 0 Å². The molecule has 4 heteroatoms. The number of benzene rings is 10. The Morgan fingerprint density at radius 3 is 0.883 bits per heavy atom. The predicted molar refractivity (Wildman–Crippen MR) is 451 cm³/mol. The minimum absolute atomic E-state index is 0. The molecule has 0 amide bonds. The monoisotopic (exact) mass is 1370 g/mol. The third-order valence-corrected chi connectivity index (χ3v) is 22.8. The zero-order valence-corrected chi connectivity index (χ0v) is 66.4. The lowest BCUT2D eigenvalue weighted by Gasteiger charge is -2.32. The first-order valence-electron chi connectivity index (χ1n) is 37.3. The van der Waals surface area contributed by atoms with Gasteiger partial charge in [0.05, 0.1) is 11.2 Å². The lowest BCUT2D eigenvalue weighted by molar-refractivity contribution is -0.108.